The molecule has 0 spiro atoms. The van der Waals surface area contributed by atoms with Crippen LogP contribution in [0.15, 0.2) is 56.7 Å². The highest BCUT2D eigenvalue weighted by Crippen LogP contribution is 2.15. The van der Waals surface area contributed by atoms with E-state index in [0.717, 1.165) is 14.5 Å². The third-order valence-electron chi connectivity index (χ3n) is 2.90. The Balaban J connectivity index is 2.07. The maximum atomic E-state index is 12.4. The predicted octanol–water partition coefficient (Wildman–Crippen LogP) is 3.36. The fourth-order valence-corrected chi connectivity index (χ4v) is 2.74. The van der Waals surface area contributed by atoms with Gasteiger partial charge in [0, 0.05) is 21.3 Å². The lowest BCUT2D eigenvalue weighted by Gasteiger charge is -2.07. The van der Waals surface area contributed by atoms with E-state index in [4.69, 9.17) is 0 Å². The SMILES string of the molecule is O=c1c2ccc(Br)cc2ncn1Cc1cncc(Br)c1. The lowest BCUT2D eigenvalue weighted by atomic mass is 10.2. The van der Waals surface area contributed by atoms with Crippen LogP contribution in [0.25, 0.3) is 10.9 Å². The fraction of sp³-hybridized carbons (Fsp3) is 0.0714. The summed E-state index contributed by atoms with van der Waals surface area (Å²) < 4.78 is 3.38. The van der Waals surface area contributed by atoms with E-state index in [1.54, 1.807) is 29.4 Å². The second-order valence-corrected chi connectivity index (χ2v) is 6.18. The summed E-state index contributed by atoms with van der Waals surface area (Å²) >= 11 is 6.75. The van der Waals surface area contributed by atoms with E-state index >= 15 is 0 Å². The molecule has 0 N–H and O–H groups in total. The summed E-state index contributed by atoms with van der Waals surface area (Å²) in [5.74, 6) is 0. The van der Waals surface area contributed by atoms with Crippen molar-refractivity contribution in [3.8, 4) is 0 Å². The number of fused-ring (bicyclic) bond motifs is 1. The van der Waals surface area contributed by atoms with E-state index in [0.29, 0.717) is 17.4 Å². The van der Waals surface area contributed by atoms with Gasteiger partial charge in [0.2, 0.25) is 0 Å². The van der Waals surface area contributed by atoms with Gasteiger partial charge in [-0.15, -0.1) is 0 Å². The van der Waals surface area contributed by atoms with Crippen LogP contribution in [0, 0.1) is 0 Å². The molecule has 0 fully saturated rings. The molecule has 0 amide bonds. The van der Waals surface area contributed by atoms with Crippen LogP contribution in [0.3, 0.4) is 0 Å². The molecule has 0 atom stereocenters. The minimum atomic E-state index is -0.0533. The van der Waals surface area contributed by atoms with Crippen molar-refractivity contribution >= 4 is 42.8 Å². The van der Waals surface area contributed by atoms with Gasteiger partial charge in [-0.05, 0) is 45.8 Å². The second-order valence-electron chi connectivity index (χ2n) is 4.35. The van der Waals surface area contributed by atoms with Crippen LogP contribution in [-0.2, 0) is 6.54 Å². The van der Waals surface area contributed by atoms with Gasteiger partial charge in [-0.1, -0.05) is 15.9 Å². The molecule has 0 aliphatic rings. The van der Waals surface area contributed by atoms with Gasteiger partial charge in [0.05, 0.1) is 23.8 Å². The first kappa shape index (κ1) is 13.5. The van der Waals surface area contributed by atoms with Crippen molar-refractivity contribution < 1.29 is 0 Å². The summed E-state index contributed by atoms with van der Waals surface area (Å²) in [4.78, 5) is 20.8. The fourth-order valence-electron chi connectivity index (χ4n) is 1.98. The van der Waals surface area contributed by atoms with Gasteiger partial charge in [0.15, 0.2) is 0 Å². The maximum absolute atomic E-state index is 12.4. The summed E-state index contributed by atoms with van der Waals surface area (Å²) in [6, 6.07) is 7.40. The lowest BCUT2D eigenvalue weighted by molar-refractivity contribution is 0.745. The summed E-state index contributed by atoms with van der Waals surface area (Å²) in [6.45, 7) is 0.449. The number of pyridine rings is 1. The number of aromatic nitrogens is 3. The molecule has 0 saturated heterocycles. The number of hydrogen-bond acceptors (Lipinski definition) is 3. The molecule has 1 aromatic carbocycles. The molecule has 3 rings (SSSR count). The number of nitrogens with zero attached hydrogens (tertiary/aromatic N) is 3. The molecule has 0 bridgehead atoms. The van der Waals surface area contributed by atoms with Gasteiger partial charge in [-0.2, -0.15) is 0 Å². The molecule has 0 unspecified atom stereocenters. The summed E-state index contributed by atoms with van der Waals surface area (Å²) in [7, 11) is 0. The van der Waals surface area contributed by atoms with Crippen molar-refractivity contribution in [3.63, 3.8) is 0 Å². The quantitative estimate of drug-likeness (QED) is 0.669. The largest absolute Gasteiger partial charge is 0.294 e. The Morgan fingerprint density at radius 3 is 2.75 bits per heavy atom. The van der Waals surface area contributed by atoms with Crippen LogP contribution < -0.4 is 5.56 Å². The Hall–Kier alpha value is -1.53. The Kier molecular flexibility index (Phi) is 3.67. The van der Waals surface area contributed by atoms with Crippen LogP contribution in [0.2, 0.25) is 0 Å². The molecule has 4 nitrogen and oxygen atoms in total. The number of halogens is 2. The molecule has 0 aliphatic heterocycles. The molecule has 20 heavy (non-hydrogen) atoms. The van der Waals surface area contributed by atoms with Crippen molar-refractivity contribution in [1.29, 1.82) is 0 Å². The normalized spacial score (nSPS) is 10.9. The molecule has 2 aromatic heterocycles. The average molecular weight is 395 g/mol. The van der Waals surface area contributed by atoms with E-state index < -0.39 is 0 Å². The van der Waals surface area contributed by atoms with E-state index in [2.05, 4.69) is 41.8 Å². The highest BCUT2D eigenvalue weighted by molar-refractivity contribution is 9.10. The topological polar surface area (TPSA) is 47.8 Å². The van der Waals surface area contributed by atoms with Crippen LogP contribution >= 0.6 is 31.9 Å². The molecule has 100 valence electrons. The first-order valence-electron chi connectivity index (χ1n) is 5.87. The smallest absolute Gasteiger partial charge is 0.261 e. The van der Waals surface area contributed by atoms with Gasteiger partial charge >= 0.3 is 0 Å². The number of rotatable bonds is 2. The molecule has 0 radical (unpaired) electrons. The predicted molar refractivity (Wildman–Crippen MR) is 84.7 cm³/mol. The van der Waals surface area contributed by atoms with Crippen LogP contribution in [-0.4, -0.2) is 14.5 Å². The average Bonchev–Trinajstić information content (AvgIpc) is 2.42. The van der Waals surface area contributed by atoms with Crippen molar-refractivity contribution in [2.75, 3.05) is 0 Å². The van der Waals surface area contributed by atoms with Gasteiger partial charge < -0.3 is 0 Å². The van der Waals surface area contributed by atoms with E-state index in [9.17, 15) is 4.79 Å². The van der Waals surface area contributed by atoms with E-state index in [1.807, 2.05) is 18.2 Å². The van der Waals surface area contributed by atoms with Crippen LogP contribution in [0.5, 0.6) is 0 Å². The zero-order valence-electron chi connectivity index (χ0n) is 10.3. The van der Waals surface area contributed by atoms with E-state index in [1.165, 1.54) is 0 Å². The maximum Gasteiger partial charge on any atom is 0.261 e. The molecule has 2 heterocycles. The second kappa shape index (κ2) is 5.46. The zero-order chi connectivity index (χ0) is 14.1. The Morgan fingerprint density at radius 2 is 1.95 bits per heavy atom. The lowest BCUT2D eigenvalue weighted by Crippen LogP contribution is -2.21. The highest BCUT2D eigenvalue weighted by Gasteiger charge is 2.05. The minimum Gasteiger partial charge on any atom is -0.294 e. The molecular formula is C14H9Br2N3O. The molecule has 0 saturated carbocycles. The number of benzene rings is 1. The Bertz CT molecular complexity index is 845. The first-order chi connectivity index (χ1) is 9.63. The monoisotopic (exact) mass is 393 g/mol. The van der Waals surface area contributed by atoms with Gasteiger partial charge in [-0.25, -0.2) is 4.98 Å². The minimum absolute atomic E-state index is 0.0533. The third-order valence-corrected chi connectivity index (χ3v) is 3.83. The molecule has 6 heteroatoms. The Morgan fingerprint density at radius 1 is 1.10 bits per heavy atom. The number of hydrogen-bond donors (Lipinski definition) is 0. The van der Waals surface area contributed by atoms with E-state index in [-0.39, 0.29) is 5.56 Å². The van der Waals surface area contributed by atoms with Gasteiger partial charge in [0.25, 0.3) is 5.56 Å². The van der Waals surface area contributed by atoms with Gasteiger partial charge in [-0.3, -0.25) is 14.3 Å². The van der Waals surface area contributed by atoms with Crippen molar-refractivity contribution in [2.24, 2.45) is 0 Å². The zero-order valence-corrected chi connectivity index (χ0v) is 13.4. The first-order valence-corrected chi connectivity index (χ1v) is 7.46. The highest BCUT2D eigenvalue weighted by atomic mass is 79.9. The standard InChI is InChI=1S/C14H9Br2N3O/c15-10-1-2-12-13(4-10)18-8-19(14(12)20)7-9-3-11(16)6-17-5-9/h1-6,8H,7H2. The summed E-state index contributed by atoms with van der Waals surface area (Å²) in [6.07, 6.45) is 5.02. The third kappa shape index (κ3) is 2.66. The molecule has 0 aliphatic carbocycles. The summed E-state index contributed by atoms with van der Waals surface area (Å²) in [5.41, 5.74) is 1.58. The van der Waals surface area contributed by atoms with Crippen LogP contribution in [0.4, 0.5) is 0 Å². The summed E-state index contributed by atoms with van der Waals surface area (Å²) in [5, 5.41) is 0.610. The van der Waals surface area contributed by atoms with Crippen molar-refractivity contribution in [2.45, 2.75) is 6.54 Å². The van der Waals surface area contributed by atoms with Crippen LogP contribution in [0.1, 0.15) is 5.56 Å². The Labute approximate surface area is 131 Å². The molecule has 3 aromatic rings. The van der Waals surface area contributed by atoms with Crippen molar-refractivity contribution in [1.82, 2.24) is 14.5 Å². The van der Waals surface area contributed by atoms with Gasteiger partial charge in [0.1, 0.15) is 0 Å². The van der Waals surface area contributed by atoms with Crippen molar-refractivity contribution in [3.05, 3.63) is 67.8 Å². The molecular weight excluding hydrogens is 386 g/mol.